The van der Waals surface area contributed by atoms with Crippen molar-refractivity contribution >= 4 is 61.5 Å². The zero-order valence-electron chi connectivity index (χ0n) is 21.0. The molecule has 0 bridgehead atoms. The van der Waals surface area contributed by atoms with E-state index in [1.165, 1.54) is 34.4 Å². The molecule has 10 heteroatoms. The molecule has 0 aliphatic carbocycles. The molecule has 192 valence electrons. The van der Waals surface area contributed by atoms with Crippen molar-refractivity contribution in [1.82, 2.24) is 9.55 Å². The first-order valence-corrected chi connectivity index (χ1v) is 14.3. The van der Waals surface area contributed by atoms with Gasteiger partial charge in [0, 0.05) is 22.4 Å². The lowest BCUT2D eigenvalue weighted by atomic mass is 10.1. The molecule has 4 aromatic rings. The Balaban J connectivity index is 1.60. The molecule has 1 amide bonds. The Kier molecular flexibility index (Phi) is 8.31. The van der Waals surface area contributed by atoms with Gasteiger partial charge in [-0.2, -0.15) is 0 Å². The standard InChI is InChI=1S/C27H27N3O4S3/c1-6-12-30-25(32)22-19(18-10-8-15(3)9-11-18)13-35-23(22)29-27(30)36-14-20(31)28-24-21(26(33)34-7-2)16(4)17(5)37-24/h6,8-11,13H,1,7,12,14H2,2-5H3,(H,28,31). The lowest BCUT2D eigenvalue weighted by Crippen LogP contribution is -2.23. The number of aryl methyl sites for hydroxylation is 2. The van der Waals surface area contributed by atoms with Crippen LogP contribution in [-0.2, 0) is 16.1 Å². The number of allylic oxidation sites excluding steroid dienone is 1. The molecule has 0 spiro atoms. The summed E-state index contributed by atoms with van der Waals surface area (Å²) in [5, 5.41) is 6.25. The van der Waals surface area contributed by atoms with Gasteiger partial charge in [-0.25, -0.2) is 9.78 Å². The van der Waals surface area contributed by atoms with E-state index < -0.39 is 5.97 Å². The number of aromatic nitrogens is 2. The number of rotatable bonds is 9. The molecule has 1 aromatic carbocycles. The largest absolute Gasteiger partial charge is 0.462 e. The number of hydrogen-bond acceptors (Lipinski definition) is 8. The SMILES string of the molecule is C=CCn1c(SCC(=O)Nc2sc(C)c(C)c2C(=O)OCC)nc2scc(-c3ccc(C)cc3)c2c1=O. The van der Waals surface area contributed by atoms with E-state index in [2.05, 4.69) is 11.9 Å². The maximum Gasteiger partial charge on any atom is 0.341 e. The normalized spacial score (nSPS) is 11.0. The average Bonchev–Trinajstić information content (AvgIpc) is 3.41. The van der Waals surface area contributed by atoms with E-state index in [4.69, 9.17) is 9.72 Å². The Morgan fingerprint density at radius 2 is 1.95 bits per heavy atom. The molecule has 0 fully saturated rings. The van der Waals surface area contributed by atoms with Crippen LogP contribution in [-0.4, -0.2) is 33.8 Å². The van der Waals surface area contributed by atoms with Gasteiger partial charge in [-0.3, -0.25) is 14.2 Å². The van der Waals surface area contributed by atoms with E-state index in [1.54, 1.807) is 17.6 Å². The maximum atomic E-state index is 13.5. The third kappa shape index (κ3) is 5.56. The van der Waals surface area contributed by atoms with Crippen LogP contribution in [0.4, 0.5) is 5.00 Å². The molecule has 0 aliphatic rings. The van der Waals surface area contributed by atoms with Crippen LogP contribution in [0.25, 0.3) is 21.3 Å². The number of carbonyl (C=O) groups excluding carboxylic acids is 2. The van der Waals surface area contributed by atoms with E-state index in [1.807, 2.05) is 50.4 Å². The first-order chi connectivity index (χ1) is 17.7. The number of hydrogen-bond donors (Lipinski definition) is 1. The smallest absolute Gasteiger partial charge is 0.341 e. The van der Waals surface area contributed by atoms with Crippen molar-refractivity contribution in [3.8, 4) is 11.1 Å². The van der Waals surface area contributed by atoms with Crippen molar-refractivity contribution in [3.63, 3.8) is 0 Å². The number of anilines is 1. The van der Waals surface area contributed by atoms with Crippen LogP contribution in [0.1, 0.15) is 33.3 Å². The maximum absolute atomic E-state index is 13.5. The van der Waals surface area contributed by atoms with Gasteiger partial charge < -0.3 is 10.1 Å². The summed E-state index contributed by atoms with van der Waals surface area (Å²) in [5.74, 6) is -0.743. The van der Waals surface area contributed by atoms with Gasteiger partial charge in [-0.1, -0.05) is 47.7 Å². The van der Waals surface area contributed by atoms with Crippen molar-refractivity contribution in [2.45, 2.75) is 39.4 Å². The first kappa shape index (κ1) is 26.8. The minimum Gasteiger partial charge on any atom is -0.462 e. The van der Waals surface area contributed by atoms with Crippen molar-refractivity contribution in [3.05, 3.63) is 74.2 Å². The van der Waals surface area contributed by atoms with Gasteiger partial charge in [-0.05, 0) is 38.8 Å². The lowest BCUT2D eigenvalue weighted by Gasteiger charge is -2.11. The molecule has 0 saturated carbocycles. The Morgan fingerprint density at radius 3 is 2.62 bits per heavy atom. The van der Waals surface area contributed by atoms with Crippen LogP contribution in [0, 0.1) is 20.8 Å². The van der Waals surface area contributed by atoms with Crippen molar-refractivity contribution in [2.24, 2.45) is 0 Å². The molecule has 3 aromatic heterocycles. The Morgan fingerprint density at radius 1 is 1.22 bits per heavy atom. The van der Waals surface area contributed by atoms with Crippen LogP contribution in [0.2, 0.25) is 0 Å². The average molecular weight is 554 g/mol. The lowest BCUT2D eigenvalue weighted by molar-refractivity contribution is -0.113. The second-order valence-electron chi connectivity index (χ2n) is 8.34. The predicted octanol–water partition coefficient (Wildman–Crippen LogP) is 6.21. The third-order valence-corrected chi connectivity index (χ3v) is 8.75. The van der Waals surface area contributed by atoms with Gasteiger partial charge in [0.15, 0.2) is 5.16 Å². The second kappa shape index (κ2) is 11.5. The van der Waals surface area contributed by atoms with E-state index >= 15 is 0 Å². The van der Waals surface area contributed by atoms with Crippen LogP contribution in [0.15, 0.2) is 52.3 Å². The molecular formula is C27H27N3O4S3. The highest BCUT2D eigenvalue weighted by Crippen LogP contribution is 2.34. The van der Waals surface area contributed by atoms with Crippen LogP contribution in [0.3, 0.4) is 0 Å². The molecule has 0 unspecified atom stereocenters. The van der Waals surface area contributed by atoms with Gasteiger partial charge in [0.05, 0.1) is 23.3 Å². The van der Waals surface area contributed by atoms with E-state index in [0.29, 0.717) is 25.9 Å². The number of thiophene rings is 2. The molecule has 0 aliphatic heterocycles. The van der Waals surface area contributed by atoms with E-state index in [9.17, 15) is 14.4 Å². The first-order valence-electron chi connectivity index (χ1n) is 11.6. The highest BCUT2D eigenvalue weighted by molar-refractivity contribution is 7.99. The van der Waals surface area contributed by atoms with E-state index in [-0.39, 0.29) is 30.4 Å². The third-order valence-electron chi connectivity index (χ3n) is 5.78. The van der Waals surface area contributed by atoms with Crippen molar-refractivity contribution < 1.29 is 14.3 Å². The van der Waals surface area contributed by atoms with Gasteiger partial charge >= 0.3 is 5.97 Å². The van der Waals surface area contributed by atoms with Gasteiger partial charge in [0.25, 0.3) is 5.56 Å². The summed E-state index contributed by atoms with van der Waals surface area (Å²) in [7, 11) is 0. The van der Waals surface area contributed by atoms with Gasteiger partial charge in [0.1, 0.15) is 9.83 Å². The van der Waals surface area contributed by atoms with Crippen molar-refractivity contribution in [1.29, 1.82) is 0 Å². The van der Waals surface area contributed by atoms with Gasteiger partial charge in [0.2, 0.25) is 5.91 Å². The van der Waals surface area contributed by atoms with Crippen LogP contribution >= 0.6 is 34.4 Å². The molecule has 1 N–H and O–H groups in total. The van der Waals surface area contributed by atoms with Gasteiger partial charge in [-0.15, -0.1) is 29.3 Å². The molecule has 7 nitrogen and oxygen atoms in total. The summed E-state index contributed by atoms with van der Waals surface area (Å²) < 4.78 is 6.71. The zero-order valence-corrected chi connectivity index (χ0v) is 23.5. The summed E-state index contributed by atoms with van der Waals surface area (Å²) in [6.07, 6.45) is 1.64. The zero-order chi connectivity index (χ0) is 26.7. The highest BCUT2D eigenvalue weighted by atomic mass is 32.2. The molecular weight excluding hydrogens is 527 g/mol. The Hall–Kier alpha value is -3.21. The Labute approximate surface area is 227 Å². The number of amides is 1. The Bertz CT molecular complexity index is 1550. The summed E-state index contributed by atoms with van der Waals surface area (Å²) in [5.41, 5.74) is 3.95. The van der Waals surface area contributed by atoms with Crippen LogP contribution < -0.4 is 10.9 Å². The van der Waals surface area contributed by atoms with Crippen molar-refractivity contribution in [2.75, 3.05) is 17.7 Å². The fraction of sp³-hybridized carbons (Fsp3) is 0.259. The van der Waals surface area contributed by atoms with Crippen LogP contribution in [0.5, 0.6) is 0 Å². The molecule has 0 radical (unpaired) electrons. The summed E-state index contributed by atoms with van der Waals surface area (Å²) in [4.78, 5) is 45.1. The minimum atomic E-state index is -0.457. The number of benzene rings is 1. The fourth-order valence-electron chi connectivity index (χ4n) is 3.81. The quantitative estimate of drug-likeness (QED) is 0.115. The number of fused-ring (bicyclic) bond motifs is 1. The molecule has 3 heterocycles. The number of carbonyl (C=O) groups is 2. The number of ether oxygens (including phenoxy) is 1. The number of nitrogens with one attached hydrogen (secondary N) is 1. The number of nitrogens with zero attached hydrogens (tertiary/aromatic N) is 2. The molecule has 4 rings (SSSR count). The topological polar surface area (TPSA) is 90.3 Å². The highest BCUT2D eigenvalue weighted by Gasteiger charge is 2.23. The summed E-state index contributed by atoms with van der Waals surface area (Å²) >= 11 is 3.92. The minimum absolute atomic E-state index is 0.0174. The molecule has 0 atom stereocenters. The fourth-order valence-corrected chi connectivity index (χ4v) is 6.67. The monoisotopic (exact) mass is 553 g/mol. The number of esters is 1. The predicted molar refractivity (Wildman–Crippen MR) is 153 cm³/mol. The number of thioether (sulfide) groups is 1. The molecule has 37 heavy (non-hydrogen) atoms. The summed E-state index contributed by atoms with van der Waals surface area (Å²) in [6.45, 7) is 11.8. The van der Waals surface area contributed by atoms with E-state index in [0.717, 1.165) is 27.1 Å². The molecule has 0 saturated heterocycles. The second-order valence-corrected chi connectivity index (χ2v) is 11.4. The summed E-state index contributed by atoms with van der Waals surface area (Å²) in [6, 6.07) is 8.03.